The fraction of sp³-hybridized carbons (Fsp3) is 0.560. The molecule has 0 aliphatic carbocycles. The van der Waals surface area contributed by atoms with Crippen molar-refractivity contribution in [2.45, 2.75) is 117 Å². The van der Waals surface area contributed by atoms with Crippen molar-refractivity contribution >= 4 is 55.4 Å². The molecular formula is C50H72N14O6Si. The summed E-state index contributed by atoms with van der Waals surface area (Å²) in [6.07, 6.45) is 12.5. The number of aliphatic hydroxyl groups is 1. The monoisotopic (exact) mass is 993 g/mol. The van der Waals surface area contributed by atoms with E-state index in [0.29, 0.717) is 85.1 Å². The summed E-state index contributed by atoms with van der Waals surface area (Å²) < 4.78 is 17.0. The minimum Gasteiger partial charge on any atom is -0.444 e. The molecule has 0 aromatic carbocycles. The lowest BCUT2D eigenvalue weighted by molar-refractivity contribution is 0.0177. The molecule has 2 fully saturated rings. The normalized spacial score (nSPS) is 14.6. The number of carbonyl (C=O) groups excluding carboxylic acids is 2. The van der Waals surface area contributed by atoms with Gasteiger partial charge in [-0.1, -0.05) is 32.6 Å². The Hall–Kier alpha value is -6.68. The number of aromatic nitrogens is 8. The van der Waals surface area contributed by atoms with Crippen LogP contribution in [0.5, 0.6) is 0 Å². The topological polar surface area (TPSA) is 240 Å². The van der Waals surface area contributed by atoms with Gasteiger partial charge in [-0.2, -0.15) is 0 Å². The standard InChI is InChI=1S/C28H43N7O3Si.C22H29N7O3/c1-27(2,3)38-26(36)35-13-11-21(12-14-35)17-30-23-16-24(33-20-32-23)34-25-19-29-22(18-31-25)10-9-15-37-39(7,8)28(4,5)6;1-22(2,3)32-21(31)29-8-6-16(7-9-29)12-24-18-11-19(27-15-26-18)28-20-14-23-17(13-25-20)5-4-10-30/h16,18-21H,11-15,17H2,1-8H3,(H2,30,31,32,33,34);11,13-16,30H,6-10,12H2,1-3H3,(H2,24,25,26,27,28). The van der Waals surface area contributed by atoms with E-state index in [-0.39, 0.29) is 23.8 Å². The second-order valence-corrected chi connectivity index (χ2v) is 25.6. The van der Waals surface area contributed by atoms with E-state index in [1.807, 2.05) is 47.6 Å². The molecule has 5 N–H and O–H groups in total. The minimum absolute atomic E-state index is 0.152. The van der Waals surface area contributed by atoms with Crippen molar-refractivity contribution in [3.05, 3.63) is 61.0 Å². The number of hydrogen-bond donors (Lipinski definition) is 5. The van der Waals surface area contributed by atoms with Gasteiger partial charge in [0.2, 0.25) is 0 Å². The summed E-state index contributed by atoms with van der Waals surface area (Å²) in [6.45, 7) is 26.8. The van der Waals surface area contributed by atoms with Crippen LogP contribution in [0.25, 0.3) is 0 Å². The van der Waals surface area contributed by atoms with Crippen LogP contribution in [0.1, 0.15) is 99.4 Å². The summed E-state index contributed by atoms with van der Waals surface area (Å²) in [5.41, 5.74) is 0.112. The van der Waals surface area contributed by atoms with Crippen LogP contribution >= 0.6 is 0 Å². The maximum atomic E-state index is 12.3. The molecule has 6 rings (SSSR count). The minimum atomic E-state index is -1.82. The number of carbonyl (C=O) groups is 2. The summed E-state index contributed by atoms with van der Waals surface area (Å²) in [6, 6.07) is 3.64. The first-order chi connectivity index (χ1) is 33.5. The van der Waals surface area contributed by atoms with Gasteiger partial charge in [0.25, 0.3) is 0 Å². The Morgan fingerprint density at radius 2 is 1.01 bits per heavy atom. The highest BCUT2D eigenvalue weighted by atomic mass is 28.4. The highest BCUT2D eigenvalue weighted by Gasteiger charge is 2.37. The number of aliphatic hydroxyl groups excluding tert-OH is 1. The van der Waals surface area contributed by atoms with Crippen molar-refractivity contribution < 1.29 is 28.6 Å². The van der Waals surface area contributed by atoms with Crippen molar-refractivity contribution in [3.63, 3.8) is 0 Å². The molecule has 2 aliphatic rings. The maximum absolute atomic E-state index is 12.3. The molecule has 6 heterocycles. The molecule has 4 aromatic rings. The summed E-state index contributed by atoms with van der Waals surface area (Å²) in [5, 5.41) is 21.9. The lowest BCUT2D eigenvalue weighted by Crippen LogP contribution is -2.42. The fourth-order valence-electron chi connectivity index (χ4n) is 6.70. The number of rotatable bonds is 12. The molecule has 2 amide bonds. The average molecular weight is 993 g/mol. The van der Waals surface area contributed by atoms with Crippen LogP contribution in [-0.2, 0) is 13.9 Å². The van der Waals surface area contributed by atoms with Crippen LogP contribution in [0.4, 0.5) is 44.5 Å². The van der Waals surface area contributed by atoms with Crippen molar-refractivity contribution in [2.75, 3.05) is 73.7 Å². The van der Waals surface area contributed by atoms with Crippen LogP contribution in [0.2, 0.25) is 18.1 Å². The summed E-state index contributed by atoms with van der Waals surface area (Å²) in [7, 11) is -1.82. The van der Waals surface area contributed by atoms with Crippen LogP contribution < -0.4 is 21.3 Å². The number of piperidine rings is 2. The van der Waals surface area contributed by atoms with Gasteiger partial charge in [-0.05, 0) is 109 Å². The quantitative estimate of drug-likeness (QED) is 0.0670. The third-order valence-electron chi connectivity index (χ3n) is 11.6. The average Bonchev–Trinajstić information content (AvgIpc) is 3.31. The number of ether oxygens (including phenoxy) is 2. The van der Waals surface area contributed by atoms with Gasteiger partial charge in [0.15, 0.2) is 8.32 Å². The number of likely N-dealkylation sites (tertiary alicyclic amines) is 2. The van der Waals surface area contributed by atoms with E-state index in [2.05, 4.69) is 119 Å². The first-order valence-electron chi connectivity index (χ1n) is 24.0. The zero-order valence-corrected chi connectivity index (χ0v) is 44.2. The van der Waals surface area contributed by atoms with E-state index in [4.69, 9.17) is 19.0 Å². The molecule has 0 atom stereocenters. The van der Waals surface area contributed by atoms with Gasteiger partial charge in [0.05, 0.1) is 31.4 Å². The summed E-state index contributed by atoms with van der Waals surface area (Å²) in [5.74, 6) is 15.9. The third-order valence-corrected chi connectivity index (χ3v) is 16.1. The van der Waals surface area contributed by atoms with Gasteiger partial charge in [-0.15, -0.1) is 0 Å². The predicted octanol–water partition coefficient (Wildman–Crippen LogP) is 7.86. The first-order valence-corrected chi connectivity index (χ1v) is 26.9. The molecule has 0 unspecified atom stereocenters. The zero-order valence-electron chi connectivity index (χ0n) is 43.2. The number of hydrogen-bond acceptors (Lipinski definition) is 18. The second kappa shape index (κ2) is 25.4. The van der Waals surface area contributed by atoms with Crippen LogP contribution in [0, 0.1) is 35.5 Å². The molecule has 2 aliphatic heterocycles. The molecule has 0 spiro atoms. The summed E-state index contributed by atoms with van der Waals surface area (Å²) in [4.78, 5) is 62.3. The van der Waals surface area contributed by atoms with Gasteiger partial charge in [0, 0.05) is 51.4 Å². The van der Waals surface area contributed by atoms with E-state index in [0.717, 1.165) is 44.6 Å². The smallest absolute Gasteiger partial charge is 0.410 e. The van der Waals surface area contributed by atoms with Gasteiger partial charge in [-0.3, -0.25) is 0 Å². The summed E-state index contributed by atoms with van der Waals surface area (Å²) >= 11 is 0. The molecule has 0 bridgehead atoms. The molecule has 20 nitrogen and oxygen atoms in total. The molecule has 4 aromatic heterocycles. The van der Waals surface area contributed by atoms with E-state index in [1.165, 1.54) is 18.9 Å². The van der Waals surface area contributed by atoms with Crippen molar-refractivity contribution in [2.24, 2.45) is 11.8 Å². The van der Waals surface area contributed by atoms with Crippen molar-refractivity contribution in [1.29, 1.82) is 0 Å². The largest absolute Gasteiger partial charge is 0.444 e. The van der Waals surface area contributed by atoms with Gasteiger partial charge in [-0.25, -0.2) is 49.5 Å². The Morgan fingerprint density at radius 1 is 0.606 bits per heavy atom. The van der Waals surface area contributed by atoms with Crippen molar-refractivity contribution in [3.8, 4) is 23.7 Å². The number of nitrogens with one attached hydrogen (secondary N) is 4. The molecule has 71 heavy (non-hydrogen) atoms. The van der Waals surface area contributed by atoms with E-state index in [9.17, 15) is 9.59 Å². The molecular weight excluding hydrogens is 921 g/mol. The molecule has 21 heteroatoms. The van der Waals surface area contributed by atoms with Crippen molar-refractivity contribution in [1.82, 2.24) is 49.7 Å². The molecule has 0 saturated carbocycles. The highest BCUT2D eigenvalue weighted by molar-refractivity contribution is 6.74. The van der Waals surface area contributed by atoms with Gasteiger partial charge < -0.3 is 50.1 Å². The molecule has 2 saturated heterocycles. The number of nitrogens with zero attached hydrogens (tertiary/aromatic N) is 10. The van der Waals surface area contributed by atoms with Crippen LogP contribution in [0.3, 0.4) is 0 Å². The Morgan fingerprint density at radius 3 is 1.38 bits per heavy atom. The van der Waals surface area contributed by atoms with Gasteiger partial charge >= 0.3 is 12.2 Å². The third kappa shape index (κ3) is 19.6. The predicted molar refractivity (Wildman–Crippen MR) is 277 cm³/mol. The van der Waals surface area contributed by atoms with E-state index in [1.54, 1.807) is 34.5 Å². The lowest BCUT2D eigenvalue weighted by Gasteiger charge is -2.35. The Labute approximate surface area is 419 Å². The first kappa shape index (κ1) is 55.2. The molecule has 382 valence electrons. The Balaban J connectivity index is 0.000000269. The molecule has 0 radical (unpaired) electrons. The van der Waals surface area contributed by atoms with E-state index < -0.39 is 19.5 Å². The lowest BCUT2D eigenvalue weighted by atomic mass is 9.97. The second-order valence-electron chi connectivity index (χ2n) is 20.8. The van der Waals surface area contributed by atoms with Gasteiger partial charge in [0.1, 0.15) is 76.8 Å². The van der Waals surface area contributed by atoms with Crippen LogP contribution in [0.15, 0.2) is 49.6 Å². The maximum Gasteiger partial charge on any atom is 0.410 e. The number of amides is 2. The Bertz CT molecular complexity index is 2460. The van der Waals surface area contributed by atoms with Crippen LogP contribution in [-0.4, -0.2) is 139 Å². The fourth-order valence-corrected chi connectivity index (χ4v) is 7.57. The number of anilines is 6. The zero-order chi connectivity index (χ0) is 51.7. The Kier molecular flexibility index (Phi) is 19.8. The highest BCUT2D eigenvalue weighted by Crippen LogP contribution is 2.36. The van der Waals surface area contributed by atoms with E-state index >= 15 is 0 Å². The SMILES string of the molecule is CC(C)(C)OC(=O)N1CCC(CNc2cc(Nc3cnc(C#CCO)cn3)ncn2)CC1.CC(C)(C)OC(=O)N1CCC(CNc2cc(Nc3cnc(C#CCO[Si](C)(C)C(C)(C)C)cn3)ncn2)CC1.